The van der Waals surface area contributed by atoms with Crippen molar-refractivity contribution < 1.29 is 19.0 Å². The van der Waals surface area contributed by atoms with Crippen LogP contribution < -0.4 is 0 Å². The average Bonchev–Trinajstić information content (AvgIpc) is 3.35. The maximum atomic E-state index is 14.2. The van der Waals surface area contributed by atoms with Crippen molar-refractivity contribution in [2.45, 2.75) is 88.4 Å². The summed E-state index contributed by atoms with van der Waals surface area (Å²) in [6.07, 6.45) is 8.51. The lowest BCUT2D eigenvalue weighted by Crippen LogP contribution is -2.55. The van der Waals surface area contributed by atoms with Gasteiger partial charge in [-0.05, 0) is 63.7 Å². The molecule has 1 aliphatic heterocycles. The van der Waals surface area contributed by atoms with Crippen molar-refractivity contribution in [3.05, 3.63) is 11.6 Å². The first kappa shape index (κ1) is 16.0. The van der Waals surface area contributed by atoms with Gasteiger partial charge in [0, 0.05) is 13.0 Å². The summed E-state index contributed by atoms with van der Waals surface area (Å²) >= 11 is 0. The topological polar surface area (TPSA) is 42.0 Å². The van der Waals surface area contributed by atoms with E-state index in [2.05, 4.69) is 13.0 Å². The maximum absolute atomic E-state index is 14.2. The molecule has 4 rings (SSSR count). The van der Waals surface area contributed by atoms with E-state index < -0.39 is 18.4 Å². The van der Waals surface area contributed by atoms with Crippen molar-refractivity contribution in [2.75, 3.05) is 7.11 Å². The number of methoxy groups -OCH3 is 1. The zero-order valence-electron chi connectivity index (χ0n) is 14.3. The van der Waals surface area contributed by atoms with Gasteiger partial charge in [-0.1, -0.05) is 11.6 Å². The van der Waals surface area contributed by atoms with Crippen LogP contribution in [0.2, 0.25) is 0 Å². The number of ether oxygens (including phenoxy) is 2. The summed E-state index contributed by atoms with van der Waals surface area (Å²) in [5, 5.41) is 10.3. The Kier molecular flexibility index (Phi) is 3.86. The molecule has 0 aromatic carbocycles. The highest BCUT2D eigenvalue weighted by molar-refractivity contribution is 5.21. The van der Waals surface area contributed by atoms with Gasteiger partial charge in [0.1, 0.15) is 12.3 Å². The zero-order valence-corrected chi connectivity index (χ0v) is 14.3. The standard InChI is InChI=1S/C19H29FO3/c1-18(14(23-18)8-7-12-5-3-4-6-12)17-16(22-2)15(21)13(20)11-19(17)9-10-19/h7,13-17,21H,3-6,8-11H2,1-2H3. The number of hydrogen-bond acceptors (Lipinski definition) is 3. The van der Waals surface area contributed by atoms with Crippen LogP contribution in [0, 0.1) is 11.3 Å². The first-order chi connectivity index (χ1) is 11.0. The molecular weight excluding hydrogens is 295 g/mol. The molecule has 0 aromatic rings. The second kappa shape index (κ2) is 5.53. The number of hydrogen-bond donors (Lipinski definition) is 1. The highest BCUT2D eigenvalue weighted by Gasteiger charge is 2.71. The van der Waals surface area contributed by atoms with Gasteiger partial charge in [-0.3, -0.25) is 0 Å². The molecule has 0 radical (unpaired) electrons. The Morgan fingerprint density at radius 1 is 1.35 bits per heavy atom. The highest BCUT2D eigenvalue weighted by atomic mass is 19.1. The van der Waals surface area contributed by atoms with Crippen LogP contribution in [0.25, 0.3) is 0 Å². The van der Waals surface area contributed by atoms with Crippen molar-refractivity contribution in [2.24, 2.45) is 11.3 Å². The number of halogens is 1. The van der Waals surface area contributed by atoms with Crippen LogP contribution in [0.1, 0.15) is 58.3 Å². The predicted molar refractivity (Wildman–Crippen MR) is 85.9 cm³/mol. The number of rotatable bonds is 4. The van der Waals surface area contributed by atoms with E-state index in [0.717, 1.165) is 19.3 Å². The molecule has 0 amide bonds. The van der Waals surface area contributed by atoms with Crippen molar-refractivity contribution >= 4 is 0 Å². The lowest BCUT2D eigenvalue weighted by atomic mass is 9.65. The van der Waals surface area contributed by atoms with Gasteiger partial charge < -0.3 is 14.6 Å². The minimum absolute atomic E-state index is 0.0106. The largest absolute Gasteiger partial charge is 0.387 e. The minimum Gasteiger partial charge on any atom is -0.387 e. The molecule has 23 heavy (non-hydrogen) atoms. The molecule has 3 nitrogen and oxygen atoms in total. The van der Waals surface area contributed by atoms with Crippen LogP contribution in [0.5, 0.6) is 0 Å². The van der Waals surface area contributed by atoms with E-state index in [1.165, 1.54) is 25.7 Å². The van der Waals surface area contributed by atoms with E-state index in [9.17, 15) is 9.50 Å². The Balaban J connectivity index is 1.50. The summed E-state index contributed by atoms with van der Waals surface area (Å²) in [4.78, 5) is 0. The Labute approximate surface area is 138 Å². The third-order valence-electron chi connectivity index (χ3n) is 6.92. The first-order valence-corrected chi connectivity index (χ1v) is 9.21. The molecule has 4 aliphatic rings. The van der Waals surface area contributed by atoms with Crippen LogP contribution in [-0.4, -0.2) is 42.3 Å². The summed E-state index contributed by atoms with van der Waals surface area (Å²) in [5.74, 6) is 0.106. The molecule has 130 valence electrons. The van der Waals surface area contributed by atoms with Gasteiger partial charge in [-0.2, -0.15) is 0 Å². The molecule has 4 fully saturated rings. The fraction of sp³-hybridized carbons (Fsp3) is 0.895. The third-order valence-corrected chi connectivity index (χ3v) is 6.92. The van der Waals surface area contributed by atoms with E-state index in [-0.39, 0.29) is 23.0 Å². The predicted octanol–water partition coefficient (Wildman–Crippen LogP) is 3.55. The highest BCUT2D eigenvalue weighted by Crippen LogP contribution is 2.67. The second-order valence-corrected chi connectivity index (χ2v) is 8.35. The van der Waals surface area contributed by atoms with E-state index in [0.29, 0.717) is 6.42 Å². The molecule has 0 aromatic heterocycles. The van der Waals surface area contributed by atoms with Gasteiger partial charge in [0.05, 0.1) is 17.8 Å². The second-order valence-electron chi connectivity index (χ2n) is 8.35. The SMILES string of the molecule is COC1C(O)C(F)CC2(CC2)C1C1(C)OC1CC=C1CCCC1. The number of aliphatic hydroxyl groups is 1. The molecule has 1 heterocycles. The van der Waals surface area contributed by atoms with E-state index >= 15 is 0 Å². The van der Waals surface area contributed by atoms with Crippen LogP contribution in [-0.2, 0) is 9.47 Å². The number of alkyl halides is 1. The van der Waals surface area contributed by atoms with Crippen molar-refractivity contribution in [3.8, 4) is 0 Å². The van der Waals surface area contributed by atoms with Crippen LogP contribution in [0.4, 0.5) is 4.39 Å². The van der Waals surface area contributed by atoms with Crippen molar-refractivity contribution in [1.29, 1.82) is 0 Å². The monoisotopic (exact) mass is 324 g/mol. The normalized spacial score (nSPS) is 47.8. The minimum atomic E-state index is -1.17. The molecule has 6 atom stereocenters. The molecule has 6 unspecified atom stereocenters. The van der Waals surface area contributed by atoms with Gasteiger partial charge >= 0.3 is 0 Å². The summed E-state index contributed by atoms with van der Waals surface area (Å²) in [7, 11) is 1.59. The fourth-order valence-electron chi connectivity index (χ4n) is 5.41. The van der Waals surface area contributed by atoms with Crippen molar-refractivity contribution in [1.82, 2.24) is 0 Å². The van der Waals surface area contributed by atoms with E-state index in [4.69, 9.17) is 9.47 Å². The molecule has 0 bridgehead atoms. The van der Waals surface area contributed by atoms with E-state index in [1.54, 1.807) is 12.7 Å². The Bertz CT molecular complexity index is 493. The average molecular weight is 324 g/mol. The van der Waals surface area contributed by atoms with E-state index in [1.807, 2.05) is 0 Å². The summed E-state index contributed by atoms with van der Waals surface area (Å²) in [5.41, 5.74) is 1.29. The summed E-state index contributed by atoms with van der Waals surface area (Å²) in [6.45, 7) is 2.15. The Morgan fingerprint density at radius 3 is 2.65 bits per heavy atom. The van der Waals surface area contributed by atoms with Gasteiger partial charge in [0.25, 0.3) is 0 Å². The number of epoxide rings is 1. The van der Waals surface area contributed by atoms with Crippen LogP contribution in [0.15, 0.2) is 11.6 Å². The Hall–Kier alpha value is -0.450. The zero-order chi connectivity index (χ0) is 16.2. The van der Waals surface area contributed by atoms with Gasteiger partial charge in [-0.15, -0.1) is 0 Å². The first-order valence-electron chi connectivity index (χ1n) is 9.21. The molecule has 4 heteroatoms. The molecule has 3 saturated carbocycles. The van der Waals surface area contributed by atoms with Gasteiger partial charge in [-0.25, -0.2) is 4.39 Å². The lowest BCUT2D eigenvalue weighted by Gasteiger charge is -2.44. The van der Waals surface area contributed by atoms with Crippen LogP contribution in [0.3, 0.4) is 0 Å². The quantitative estimate of drug-likeness (QED) is 0.635. The fourth-order valence-corrected chi connectivity index (χ4v) is 5.41. The maximum Gasteiger partial charge on any atom is 0.129 e. The van der Waals surface area contributed by atoms with Gasteiger partial charge in [0.2, 0.25) is 0 Å². The molecule has 1 saturated heterocycles. The molecule has 1 spiro atoms. The number of allylic oxidation sites excluding steroid dienone is 1. The smallest absolute Gasteiger partial charge is 0.129 e. The lowest BCUT2D eigenvalue weighted by molar-refractivity contribution is -0.145. The summed E-state index contributed by atoms with van der Waals surface area (Å²) in [6, 6.07) is 0. The molecule has 1 N–H and O–H groups in total. The van der Waals surface area contributed by atoms with Crippen LogP contribution >= 0.6 is 0 Å². The third kappa shape index (κ3) is 2.58. The Morgan fingerprint density at radius 2 is 2.04 bits per heavy atom. The van der Waals surface area contributed by atoms with Gasteiger partial charge in [0.15, 0.2) is 0 Å². The molecular formula is C19H29FO3. The number of aliphatic hydroxyl groups excluding tert-OH is 1. The van der Waals surface area contributed by atoms with Crippen molar-refractivity contribution in [3.63, 3.8) is 0 Å². The summed E-state index contributed by atoms with van der Waals surface area (Å²) < 4.78 is 25.9. The molecule has 3 aliphatic carbocycles.